The largest absolute Gasteiger partial charge is 0.573 e. The first kappa shape index (κ1) is 31.0. The first-order chi connectivity index (χ1) is 20.4. The molecule has 1 aromatic heterocycles. The third-order valence-electron chi connectivity index (χ3n) is 9.52. The second-order valence-corrected chi connectivity index (χ2v) is 12.4. The highest BCUT2D eigenvalue weighted by molar-refractivity contribution is 5.96. The lowest BCUT2D eigenvalue weighted by Gasteiger charge is -2.50. The lowest BCUT2D eigenvalue weighted by Crippen LogP contribution is -2.56. The van der Waals surface area contributed by atoms with Gasteiger partial charge in [0.15, 0.2) is 0 Å². The van der Waals surface area contributed by atoms with E-state index < -0.39 is 6.36 Å². The molecule has 6 nitrogen and oxygen atoms in total. The quantitative estimate of drug-likeness (QED) is 0.294. The Bertz CT molecular complexity index is 1390. The molecule has 2 aliphatic heterocycles. The number of aryl methyl sites for hydroxylation is 3. The predicted octanol–water partition coefficient (Wildman–Crippen LogP) is 7.03. The van der Waals surface area contributed by atoms with Crippen molar-refractivity contribution in [3.63, 3.8) is 0 Å². The second kappa shape index (κ2) is 12.6. The van der Waals surface area contributed by atoms with Gasteiger partial charge < -0.3 is 9.64 Å². The van der Waals surface area contributed by atoms with E-state index in [2.05, 4.69) is 57.7 Å². The molecule has 1 amide bonds. The number of halogens is 3. The van der Waals surface area contributed by atoms with E-state index in [9.17, 15) is 18.0 Å². The number of aromatic nitrogens is 2. The first-order valence-corrected chi connectivity index (χ1v) is 15.2. The highest BCUT2D eigenvalue weighted by Crippen LogP contribution is 2.40. The maximum Gasteiger partial charge on any atom is 0.573 e. The molecule has 0 bridgehead atoms. The molecular formula is C34H41F3N4O2. The molecule has 230 valence electrons. The van der Waals surface area contributed by atoms with Crippen LogP contribution < -0.4 is 4.74 Å². The van der Waals surface area contributed by atoms with E-state index in [0.29, 0.717) is 24.6 Å². The molecule has 1 atom stereocenters. The monoisotopic (exact) mass is 594 g/mol. The van der Waals surface area contributed by atoms with Gasteiger partial charge in [0.2, 0.25) is 0 Å². The molecule has 0 radical (unpaired) electrons. The van der Waals surface area contributed by atoms with Crippen molar-refractivity contribution in [3.05, 3.63) is 88.5 Å². The molecule has 43 heavy (non-hydrogen) atoms. The first-order valence-electron chi connectivity index (χ1n) is 15.2. The number of alkyl halides is 3. The topological polar surface area (TPSA) is 58.6 Å². The number of benzene rings is 2. The van der Waals surface area contributed by atoms with Gasteiger partial charge in [0.05, 0.1) is 17.0 Å². The highest BCUT2D eigenvalue weighted by atomic mass is 19.4. The maximum atomic E-state index is 13.3. The smallest absolute Gasteiger partial charge is 0.406 e. The van der Waals surface area contributed by atoms with Crippen molar-refractivity contribution in [1.29, 1.82) is 0 Å². The van der Waals surface area contributed by atoms with Gasteiger partial charge in [0.25, 0.3) is 5.91 Å². The average Bonchev–Trinajstić information content (AvgIpc) is 2.96. The number of carbonyl (C=O) groups is 1. The minimum absolute atomic E-state index is 0.0155. The Hall–Kier alpha value is -3.46. The molecule has 2 aliphatic rings. The summed E-state index contributed by atoms with van der Waals surface area (Å²) in [6.45, 7) is 11.4. The van der Waals surface area contributed by atoms with E-state index in [1.165, 1.54) is 29.6 Å². The van der Waals surface area contributed by atoms with Gasteiger partial charge in [0, 0.05) is 18.6 Å². The molecule has 3 aromatic rings. The van der Waals surface area contributed by atoms with Gasteiger partial charge in [-0.1, -0.05) is 42.0 Å². The molecule has 0 saturated carbocycles. The zero-order valence-electron chi connectivity index (χ0n) is 25.5. The standard InChI is InChI=1S/C34H41F3N4O2/c1-23-6-5-7-26(20-23)21-30(27-8-10-29(11-9-27)43-34(35,36)37)28-12-16-41(17-13-28)33(4)14-18-40(19-15-33)32(42)31-24(2)38-22-39-25(31)3/h5-11,20,22,28,30H,12-19,21H2,1-4H3. The summed E-state index contributed by atoms with van der Waals surface area (Å²) >= 11 is 0. The van der Waals surface area contributed by atoms with Crippen LogP contribution in [0.2, 0.25) is 0 Å². The number of amides is 1. The van der Waals surface area contributed by atoms with Crippen LogP contribution >= 0.6 is 0 Å². The van der Waals surface area contributed by atoms with Crippen LogP contribution in [0, 0.1) is 26.7 Å². The van der Waals surface area contributed by atoms with E-state index in [1.54, 1.807) is 12.1 Å². The minimum Gasteiger partial charge on any atom is -0.406 e. The van der Waals surface area contributed by atoms with E-state index in [0.717, 1.165) is 62.1 Å². The van der Waals surface area contributed by atoms with Gasteiger partial charge in [-0.15, -0.1) is 13.2 Å². The summed E-state index contributed by atoms with van der Waals surface area (Å²) in [5, 5.41) is 0. The minimum atomic E-state index is -4.71. The van der Waals surface area contributed by atoms with Gasteiger partial charge in [-0.3, -0.25) is 9.69 Å². The Balaban J connectivity index is 1.25. The van der Waals surface area contributed by atoms with E-state index in [1.807, 2.05) is 18.7 Å². The van der Waals surface area contributed by atoms with Crippen LogP contribution in [0.3, 0.4) is 0 Å². The van der Waals surface area contributed by atoms with Crippen LogP contribution in [0.25, 0.3) is 0 Å². The van der Waals surface area contributed by atoms with Gasteiger partial charge >= 0.3 is 6.36 Å². The van der Waals surface area contributed by atoms with Crippen molar-refractivity contribution < 1.29 is 22.7 Å². The van der Waals surface area contributed by atoms with Crippen LogP contribution in [0.5, 0.6) is 5.75 Å². The third kappa shape index (κ3) is 7.37. The molecular weight excluding hydrogens is 553 g/mol. The Labute approximate surface area is 252 Å². The van der Waals surface area contributed by atoms with Gasteiger partial charge in [-0.2, -0.15) is 0 Å². The van der Waals surface area contributed by atoms with Crippen molar-refractivity contribution in [3.8, 4) is 5.75 Å². The zero-order valence-corrected chi connectivity index (χ0v) is 25.5. The number of nitrogens with zero attached hydrogens (tertiary/aromatic N) is 4. The van der Waals surface area contributed by atoms with Crippen LogP contribution in [-0.2, 0) is 6.42 Å². The molecule has 9 heteroatoms. The summed E-state index contributed by atoms with van der Waals surface area (Å²) in [7, 11) is 0. The van der Waals surface area contributed by atoms with Crippen molar-refractivity contribution in [2.75, 3.05) is 26.2 Å². The fourth-order valence-electron chi connectivity index (χ4n) is 6.98. The number of ether oxygens (including phenoxy) is 1. The fourth-order valence-corrected chi connectivity index (χ4v) is 6.98. The van der Waals surface area contributed by atoms with Crippen LogP contribution in [-0.4, -0.2) is 63.8 Å². The molecule has 2 aromatic carbocycles. The summed E-state index contributed by atoms with van der Waals surface area (Å²) in [6, 6.07) is 14.9. The normalized spacial score (nSPS) is 18.8. The number of rotatable bonds is 7. The molecule has 5 rings (SSSR count). The summed E-state index contributed by atoms with van der Waals surface area (Å²) < 4.78 is 42.4. The molecule has 2 saturated heterocycles. The SMILES string of the molecule is Cc1cccc(CC(c2ccc(OC(F)(F)F)cc2)C2CCN(C3(C)CCN(C(=O)c4c(C)ncnc4C)CC3)CC2)c1. The maximum absolute atomic E-state index is 13.3. The van der Waals surface area contributed by atoms with Crippen molar-refractivity contribution in [2.24, 2.45) is 5.92 Å². The van der Waals surface area contributed by atoms with Gasteiger partial charge in [0.1, 0.15) is 12.1 Å². The van der Waals surface area contributed by atoms with E-state index in [-0.39, 0.29) is 23.1 Å². The van der Waals surface area contributed by atoms with Crippen LogP contribution in [0.4, 0.5) is 13.2 Å². The summed E-state index contributed by atoms with van der Waals surface area (Å²) in [5.74, 6) is 0.418. The predicted molar refractivity (Wildman–Crippen MR) is 160 cm³/mol. The third-order valence-corrected chi connectivity index (χ3v) is 9.52. The summed E-state index contributed by atoms with van der Waals surface area (Å²) in [5.41, 5.74) is 5.55. The van der Waals surface area contributed by atoms with Crippen LogP contribution in [0.1, 0.15) is 77.0 Å². The lowest BCUT2D eigenvalue weighted by molar-refractivity contribution is -0.274. The van der Waals surface area contributed by atoms with Crippen molar-refractivity contribution in [2.45, 2.75) is 77.6 Å². The Kier molecular flexibility index (Phi) is 9.11. The number of piperidine rings is 2. The number of carbonyl (C=O) groups excluding carboxylic acids is 1. The zero-order chi connectivity index (χ0) is 30.8. The molecule has 3 heterocycles. The van der Waals surface area contributed by atoms with Crippen molar-refractivity contribution >= 4 is 5.91 Å². The van der Waals surface area contributed by atoms with E-state index in [4.69, 9.17) is 0 Å². The number of hydrogen-bond acceptors (Lipinski definition) is 5. The second-order valence-electron chi connectivity index (χ2n) is 12.4. The Morgan fingerprint density at radius 3 is 2.19 bits per heavy atom. The van der Waals surface area contributed by atoms with E-state index >= 15 is 0 Å². The highest BCUT2D eigenvalue weighted by Gasteiger charge is 2.40. The molecule has 0 N–H and O–H groups in total. The molecule has 2 fully saturated rings. The van der Waals surface area contributed by atoms with Gasteiger partial charge in [-0.25, -0.2) is 9.97 Å². The molecule has 0 aliphatic carbocycles. The summed E-state index contributed by atoms with van der Waals surface area (Å²) in [6.07, 6.45) is 1.46. The van der Waals surface area contributed by atoms with Crippen molar-refractivity contribution in [1.82, 2.24) is 19.8 Å². The fraction of sp³-hybridized carbons (Fsp3) is 0.500. The molecule has 1 unspecified atom stereocenters. The lowest BCUT2D eigenvalue weighted by atomic mass is 9.75. The van der Waals surface area contributed by atoms with Gasteiger partial charge in [-0.05, 0) is 108 Å². The Morgan fingerprint density at radius 1 is 0.977 bits per heavy atom. The van der Waals surface area contributed by atoms with Crippen LogP contribution in [0.15, 0.2) is 54.9 Å². The number of hydrogen-bond donors (Lipinski definition) is 0. The molecule has 0 spiro atoms. The summed E-state index contributed by atoms with van der Waals surface area (Å²) in [4.78, 5) is 26.3. The number of likely N-dealkylation sites (tertiary alicyclic amines) is 2. The average molecular weight is 595 g/mol. The Morgan fingerprint density at radius 2 is 1.60 bits per heavy atom.